The number of aromatic nitrogens is 18. The highest BCUT2D eigenvalue weighted by Crippen LogP contribution is 2.60. The van der Waals surface area contributed by atoms with Crippen LogP contribution in [-0.4, -0.2) is 158 Å². The highest BCUT2D eigenvalue weighted by Gasteiger charge is 2.54. The first kappa shape index (κ1) is 59.1. The molecule has 8 aliphatic rings. The van der Waals surface area contributed by atoms with Gasteiger partial charge in [-0.15, -0.1) is 30.6 Å². The lowest BCUT2D eigenvalue weighted by Crippen LogP contribution is -2.52. The maximum atomic E-state index is 10.9. The quantitative estimate of drug-likeness (QED) is 0.0656. The molecule has 8 fully saturated rings. The third-order valence-electron chi connectivity index (χ3n) is 17.0. The molecule has 0 saturated heterocycles. The summed E-state index contributed by atoms with van der Waals surface area (Å²) in [6.45, 7) is 8.01. The Morgan fingerprint density at radius 3 is 0.976 bits per heavy atom. The van der Waals surface area contributed by atoms with E-state index in [-0.39, 0.29) is 56.1 Å². The molecule has 32 nitrogen and oxygen atoms in total. The predicted molar refractivity (Wildman–Crippen MR) is 286 cm³/mol. The first-order valence-electron chi connectivity index (χ1n) is 28.0. The van der Waals surface area contributed by atoms with Crippen LogP contribution in [-0.2, 0) is 119 Å². The lowest BCUT2D eigenvalue weighted by atomic mass is 9.53. The van der Waals surface area contributed by atoms with Gasteiger partial charge in [0, 0.05) is 57.9 Å². The summed E-state index contributed by atoms with van der Waals surface area (Å²) in [5.41, 5.74) is 4.39. The van der Waals surface area contributed by atoms with E-state index in [0.717, 1.165) is 52.6 Å². The van der Waals surface area contributed by atoms with E-state index in [4.69, 9.17) is 24.1 Å². The van der Waals surface area contributed by atoms with Crippen LogP contribution in [0.15, 0.2) is 37.2 Å². The van der Waals surface area contributed by atoms with Crippen molar-refractivity contribution in [2.24, 2.45) is 35.5 Å². The Bertz CT molecular complexity index is 3300. The van der Waals surface area contributed by atoms with E-state index in [1.165, 1.54) is 91.1 Å². The largest absolute Gasteiger partial charge is 0.397 e. The Morgan fingerprint density at radius 1 is 0.434 bits per heavy atom. The van der Waals surface area contributed by atoms with Crippen molar-refractivity contribution >= 4 is 31.2 Å². The molecule has 0 spiro atoms. The summed E-state index contributed by atoms with van der Waals surface area (Å²) in [6.07, 6.45) is 26.9. The minimum atomic E-state index is -4.55. The van der Waals surface area contributed by atoms with Gasteiger partial charge >= 0.3 is 31.2 Å². The van der Waals surface area contributed by atoms with E-state index >= 15 is 0 Å². The third kappa shape index (κ3) is 15.4. The van der Waals surface area contributed by atoms with Gasteiger partial charge in [0.1, 0.15) is 0 Å². The van der Waals surface area contributed by atoms with Crippen molar-refractivity contribution in [2.45, 2.75) is 173 Å². The monoisotopic (exact) mass is 1220 g/mol. The van der Waals surface area contributed by atoms with Crippen LogP contribution in [0.25, 0.3) is 0 Å². The first-order chi connectivity index (χ1) is 39.3. The summed E-state index contributed by atoms with van der Waals surface area (Å²) in [6, 6.07) is 0. The molecule has 6 aromatic heterocycles. The molecule has 35 heteroatoms. The van der Waals surface area contributed by atoms with Gasteiger partial charge in [0.25, 0.3) is 0 Å². The molecule has 0 radical (unpaired) electrons. The Hall–Kier alpha value is -5.63. The molecule has 83 heavy (non-hydrogen) atoms. The zero-order chi connectivity index (χ0) is 58.4. The molecule has 0 amide bonds. The minimum Gasteiger partial charge on any atom is -0.285 e. The second-order valence-corrected chi connectivity index (χ2v) is 28.1. The minimum absolute atomic E-state index is 0.0483. The summed E-state index contributed by atoms with van der Waals surface area (Å²) in [4.78, 5) is 4.20. The van der Waals surface area contributed by atoms with Crippen LogP contribution >= 0.6 is 0 Å². The van der Waals surface area contributed by atoms with Crippen LogP contribution in [0.3, 0.4) is 0 Å². The summed E-state index contributed by atoms with van der Waals surface area (Å²) >= 11 is 0. The Morgan fingerprint density at radius 2 is 0.699 bits per heavy atom. The number of nitrogens with zero attached hydrogens (tertiary/aromatic N) is 20. The first-order valence-corrected chi connectivity index (χ1v) is 32.1. The normalized spacial score (nSPS) is 25.7. The van der Waals surface area contributed by atoms with Gasteiger partial charge in [-0.2, -0.15) is 25.3 Å². The van der Waals surface area contributed by atoms with Crippen molar-refractivity contribution in [3.8, 4) is 0 Å². The maximum Gasteiger partial charge on any atom is 0.397 e. The highest BCUT2D eigenvalue weighted by molar-refractivity contribution is 7.81. The fourth-order valence-corrected chi connectivity index (χ4v) is 15.4. The van der Waals surface area contributed by atoms with Crippen LogP contribution < -0.4 is 0 Å². The molecule has 8 saturated carbocycles. The maximum absolute atomic E-state index is 10.9. The van der Waals surface area contributed by atoms with Gasteiger partial charge in [-0.25, -0.2) is 40.6 Å². The second-order valence-electron chi connectivity index (χ2n) is 24.9. The van der Waals surface area contributed by atoms with Crippen LogP contribution in [0.4, 0.5) is 0 Å². The van der Waals surface area contributed by atoms with Crippen LogP contribution in [0.2, 0.25) is 0 Å². The highest BCUT2D eigenvalue weighted by atomic mass is 32.3. The molecule has 6 heterocycles. The van der Waals surface area contributed by atoms with E-state index in [9.17, 15) is 25.3 Å². The van der Waals surface area contributed by atoms with Crippen LogP contribution in [0.1, 0.15) is 132 Å². The van der Waals surface area contributed by atoms with Gasteiger partial charge in [-0.3, -0.25) is 23.5 Å². The number of hydrogen-bond donors (Lipinski definition) is 3. The topological polar surface area (TPSA) is 382 Å². The Kier molecular flexibility index (Phi) is 16.9. The molecule has 0 atom stereocenters. The number of rotatable bonds is 26. The van der Waals surface area contributed by atoms with Gasteiger partial charge in [0.15, 0.2) is 0 Å². The van der Waals surface area contributed by atoms with Gasteiger partial charge in [0.05, 0.1) is 109 Å². The van der Waals surface area contributed by atoms with E-state index < -0.39 is 31.2 Å². The van der Waals surface area contributed by atoms with Gasteiger partial charge in [0.2, 0.25) is 0 Å². The van der Waals surface area contributed by atoms with Gasteiger partial charge in [-0.05, 0) is 133 Å². The SMILES string of the molecule is CC(C)(C)n1cc(CN(Cc2cn(CCOS(=O)(=O)O)nn2)Cc2cn(CCOS(=O)(=O)O)nn2)nn1.O=S(=O)(O)OCCn1cc(CN(Cc2cn(C34CC5CC(CC(C5)C3)C4)nn2)Cc2cn(C34CC5CC(CC(C5)C3)C4)nn2)nn1. The Balaban J connectivity index is 0.000000179. The lowest BCUT2D eigenvalue weighted by molar-refractivity contribution is -0.0503. The van der Waals surface area contributed by atoms with Gasteiger partial charge < -0.3 is 0 Å². The van der Waals surface area contributed by atoms with Crippen LogP contribution in [0.5, 0.6) is 0 Å². The molecule has 0 aromatic carbocycles. The summed E-state index contributed by atoms with van der Waals surface area (Å²) < 4.78 is 114. The van der Waals surface area contributed by atoms with Crippen LogP contribution in [0, 0.1) is 35.5 Å². The molecular weight excluding hydrogens is 1140 g/mol. The van der Waals surface area contributed by atoms with E-state index in [1.807, 2.05) is 31.9 Å². The standard InChI is InChI=1S/C31H44N10O4S.C17H28N10O8S2/c42-46(43,44)45-2-1-39-18-27(32-35-39)15-38(16-28-19-40(36-33-28)30-9-21-3-22(10-30)5-23(4-21)11-30)17-29-20-41(37-34-29)31-12-24-6-25(13-31)8-26(7-24)14-31;1-17(2,3)27-13-16(20-23-27)10-24(8-14-11-25(21-18-14)4-6-34-36(28,29)30)9-15-12-26(22-19-15)5-7-35-37(31,32)33/h18-26H,1-17H2,(H,42,43,44);11-13H,4-10H2,1-3H3,(H,28,29,30)(H,31,32,33). The smallest absolute Gasteiger partial charge is 0.285 e. The zero-order valence-corrected chi connectivity index (χ0v) is 49.0. The molecule has 6 aromatic rings. The van der Waals surface area contributed by atoms with E-state index in [2.05, 4.69) is 90.7 Å². The average molecular weight is 1220 g/mol. The predicted octanol–water partition coefficient (Wildman–Crippen LogP) is 2.39. The second kappa shape index (κ2) is 23.7. The molecule has 8 bridgehead atoms. The third-order valence-corrected chi connectivity index (χ3v) is 18.4. The fourth-order valence-electron chi connectivity index (χ4n) is 14.6. The molecular formula is C48H72N20O12S3. The summed E-state index contributed by atoms with van der Waals surface area (Å²) in [5.74, 6) is 4.99. The fraction of sp³-hybridized carbons (Fsp3) is 0.750. The van der Waals surface area contributed by atoms with E-state index in [1.54, 1.807) is 23.3 Å². The zero-order valence-electron chi connectivity index (χ0n) is 46.6. The van der Waals surface area contributed by atoms with E-state index in [0.29, 0.717) is 56.4 Å². The number of hydrogen-bond acceptors (Lipinski definition) is 23. The average Bonchev–Trinajstić information content (AvgIpc) is 2.57. The van der Waals surface area contributed by atoms with Crippen molar-refractivity contribution in [1.82, 2.24) is 99.8 Å². The van der Waals surface area contributed by atoms with Crippen molar-refractivity contribution in [2.75, 3.05) is 19.8 Å². The Labute approximate surface area is 480 Å². The van der Waals surface area contributed by atoms with Crippen molar-refractivity contribution in [3.05, 3.63) is 71.3 Å². The molecule has 0 unspecified atom stereocenters. The molecule has 3 N–H and O–H groups in total. The molecule has 454 valence electrons. The van der Waals surface area contributed by atoms with Crippen molar-refractivity contribution < 1.29 is 51.5 Å². The summed E-state index contributed by atoms with van der Waals surface area (Å²) in [5, 5.41) is 51.8. The van der Waals surface area contributed by atoms with Gasteiger partial charge in [-0.1, -0.05) is 31.3 Å². The van der Waals surface area contributed by atoms with Crippen molar-refractivity contribution in [1.29, 1.82) is 0 Å². The molecule has 8 aliphatic carbocycles. The molecule has 14 rings (SSSR count). The van der Waals surface area contributed by atoms with Crippen molar-refractivity contribution in [3.63, 3.8) is 0 Å². The summed E-state index contributed by atoms with van der Waals surface area (Å²) in [7, 11) is -13.6. The lowest BCUT2D eigenvalue weighted by Gasteiger charge is -2.56. The molecule has 0 aliphatic heterocycles.